The SMILES string of the molecule is COC(=O)c1ccc(C(=O)OC)c(NCC(O)CO)c1. The van der Waals surface area contributed by atoms with Gasteiger partial charge in [0.15, 0.2) is 0 Å². The number of esters is 2. The Morgan fingerprint density at radius 3 is 2.45 bits per heavy atom. The molecule has 0 aliphatic carbocycles. The quantitative estimate of drug-likeness (QED) is 0.632. The second kappa shape index (κ2) is 7.46. The first-order chi connectivity index (χ1) is 9.53. The molecule has 0 bridgehead atoms. The van der Waals surface area contributed by atoms with Crippen LogP contribution in [-0.4, -0.2) is 55.6 Å². The summed E-state index contributed by atoms with van der Waals surface area (Å²) >= 11 is 0. The zero-order valence-corrected chi connectivity index (χ0v) is 11.3. The molecule has 0 aliphatic heterocycles. The van der Waals surface area contributed by atoms with Crippen molar-refractivity contribution < 1.29 is 29.3 Å². The van der Waals surface area contributed by atoms with Crippen LogP contribution in [-0.2, 0) is 9.47 Å². The number of hydrogen-bond donors (Lipinski definition) is 3. The molecule has 110 valence electrons. The summed E-state index contributed by atoms with van der Waals surface area (Å²) in [6.07, 6.45) is -0.984. The summed E-state index contributed by atoms with van der Waals surface area (Å²) in [7, 11) is 2.49. The summed E-state index contributed by atoms with van der Waals surface area (Å²) in [5.41, 5.74) is 0.777. The standard InChI is InChI=1S/C13H17NO6/c1-19-12(17)8-3-4-10(13(18)20-2)11(5-8)14-6-9(16)7-15/h3-5,9,14-16H,6-7H2,1-2H3. The number of benzene rings is 1. The molecule has 20 heavy (non-hydrogen) atoms. The van der Waals surface area contributed by atoms with Crippen LogP contribution in [0.1, 0.15) is 20.7 Å². The van der Waals surface area contributed by atoms with Gasteiger partial charge in [-0.1, -0.05) is 0 Å². The largest absolute Gasteiger partial charge is 0.465 e. The van der Waals surface area contributed by atoms with Crippen molar-refractivity contribution in [3.05, 3.63) is 29.3 Å². The van der Waals surface area contributed by atoms with E-state index in [1.54, 1.807) is 0 Å². The third-order valence-electron chi connectivity index (χ3n) is 2.58. The van der Waals surface area contributed by atoms with Crippen LogP contribution in [0.4, 0.5) is 5.69 Å². The van der Waals surface area contributed by atoms with Gasteiger partial charge in [-0.3, -0.25) is 0 Å². The summed E-state index contributed by atoms with van der Waals surface area (Å²) in [6.45, 7) is -0.400. The van der Waals surface area contributed by atoms with E-state index in [2.05, 4.69) is 14.8 Å². The lowest BCUT2D eigenvalue weighted by Gasteiger charge is -2.14. The van der Waals surface area contributed by atoms with E-state index in [0.717, 1.165) is 0 Å². The summed E-state index contributed by atoms with van der Waals surface area (Å²) in [6, 6.07) is 4.28. The van der Waals surface area contributed by atoms with Crippen LogP contribution < -0.4 is 5.32 Å². The van der Waals surface area contributed by atoms with Crippen molar-refractivity contribution in [2.24, 2.45) is 0 Å². The zero-order chi connectivity index (χ0) is 15.1. The van der Waals surface area contributed by atoms with E-state index in [1.165, 1.54) is 32.4 Å². The highest BCUT2D eigenvalue weighted by Gasteiger charge is 2.16. The lowest BCUT2D eigenvalue weighted by Crippen LogP contribution is -2.24. The van der Waals surface area contributed by atoms with Gasteiger partial charge in [0.1, 0.15) is 0 Å². The molecule has 1 aromatic rings. The predicted molar refractivity (Wildman–Crippen MR) is 70.7 cm³/mol. The molecular weight excluding hydrogens is 266 g/mol. The highest BCUT2D eigenvalue weighted by atomic mass is 16.5. The molecule has 1 rings (SSSR count). The summed E-state index contributed by atoms with van der Waals surface area (Å²) in [5, 5.41) is 20.9. The number of carbonyl (C=O) groups excluding carboxylic acids is 2. The van der Waals surface area contributed by atoms with E-state index in [4.69, 9.17) is 5.11 Å². The van der Waals surface area contributed by atoms with Crippen molar-refractivity contribution in [1.29, 1.82) is 0 Å². The molecule has 0 amide bonds. The second-order valence-corrected chi connectivity index (χ2v) is 3.96. The van der Waals surface area contributed by atoms with E-state index in [-0.39, 0.29) is 17.7 Å². The first-order valence-electron chi connectivity index (χ1n) is 5.87. The van der Waals surface area contributed by atoms with Crippen LogP contribution in [0.2, 0.25) is 0 Å². The molecule has 0 saturated carbocycles. The van der Waals surface area contributed by atoms with Crippen molar-refractivity contribution in [3.8, 4) is 0 Å². The molecule has 0 heterocycles. The minimum absolute atomic E-state index is 0.0190. The average Bonchev–Trinajstić information content (AvgIpc) is 2.50. The van der Waals surface area contributed by atoms with Crippen LogP contribution in [0.15, 0.2) is 18.2 Å². The molecule has 0 radical (unpaired) electrons. The lowest BCUT2D eigenvalue weighted by molar-refractivity contribution is 0.0587. The first-order valence-corrected chi connectivity index (χ1v) is 5.87. The molecule has 0 saturated heterocycles. The van der Waals surface area contributed by atoms with Crippen LogP contribution in [0.5, 0.6) is 0 Å². The number of ether oxygens (including phenoxy) is 2. The third-order valence-corrected chi connectivity index (χ3v) is 2.58. The minimum Gasteiger partial charge on any atom is -0.465 e. The number of aliphatic hydroxyl groups excluding tert-OH is 2. The normalized spacial score (nSPS) is 11.6. The van der Waals surface area contributed by atoms with Crippen LogP contribution in [0.25, 0.3) is 0 Å². The molecular formula is C13H17NO6. The monoisotopic (exact) mass is 283 g/mol. The molecule has 3 N–H and O–H groups in total. The predicted octanol–water partition coefficient (Wildman–Crippen LogP) is 0.0249. The van der Waals surface area contributed by atoms with Crippen molar-refractivity contribution >= 4 is 17.6 Å². The fourth-order valence-corrected chi connectivity index (χ4v) is 1.52. The number of anilines is 1. The van der Waals surface area contributed by atoms with Crippen molar-refractivity contribution in [1.82, 2.24) is 0 Å². The number of carbonyl (C=O) groups is 2. The van der Waals surface area contributed by atoms with Crippen molar-refractivity contribution in [2.75, 3.05) is 32.7 Å². The van der Waals surface area contributed by atoms with Gasteiger partial charge in [0, 0.05) is 12.2 Å². The molecule has 1 aromatic carbocycles. The van der Waals surface area contributed by atoms with E-state index >= 15 is 0 Å². The molecule has 7 heteroatoms. The molecule has 0 fully saturated rings. The maximum absolute atomic E-state index is 11.6. The molecule has 7 nitrogen and oxygen atoms in total. The number of methoxy groups -OCH3 is 2. The van der Waals surface area contributed by atoms with Gasteiger partial charge in [0.05, 0.1) is 38.1 Å². The maximum atomic E-state index is 11.6. The Kier molecular flexibility index (Phi) is 5.95. The second-order valence-electron chi connectivity index (χ2n) is 3.96. The number of hydrogen-bond acceptors (Lipinski definition) is 7. The Morgan fingerprint density at radius 1 is 1.25 bits per heavy atom. The van der Waals surface area contributed by atoms with E-state index in [9.17, 15) is 14.7 Å². The van der Waals surface area contributed by atoms with Gasteiger partial charge in [-0.25, -0.2) is 9.59 Å². The smallest absolute Gasteiger partial charge is 0.339 e. The summed E-state index contributed by atoms with van der Waals surface area (Å²) in [5.74, 6) is -1.13. The Morgan fingerprint density at radius 2 is 1.90 bits per heavy atom. The van der Waals surface area contributed by atoms with Crippen molar-refractivity contribution in [2.45, 2.75) is 6.10 Å². The summed E-state index contributed by atoms with van der Waals surface area (Å²) in [4.78, 5) is 23.1. The first kappa shape index (κ1) is 15.9. The Labute approximate surface area is 116 Å². The molecule has 1 atom stereocenters. The Balaban J connectivity index is 3.06. The molecule has 1 unspecified atom stereocenters. The number of nitrogens with one attached hydrogen (secondary N) is 1. The number of rotatable bonds is 6. The topological polar surface area (TPSA) is 105 Å². The van der Waals surface area contributed by atoms with Crippen LogP contribution >= 0.6 is 0 Å². The van der Waals surface area contributed by atoms with Gasteiger partial charge in [-0.15, -0.1) is 0 Å². The number of aliphatic hydroxyl groups is 2. The summed E-state index contributed by atoms with van der Waals surface area (Å²) < 4.78 is 9.22. The van der Waals surface area contributed by atoms with Crippen molar-refractivity contribution in [3.63, 3.8) is 0 Å². The van der Waals surface area contributed by atoms with Gasteiger partial charge in [-0.2, -0.15) is 0 Å². The fourth-order valence-electron chi connectivity index (χ4n) is 1.52. The van der Waals surface area contributed by atoms with E-state index in [0.29, 0.717) is 5.69 Å². The zero-order valence-electron chi connectivity index (χ0n) is 11.3. The highest BCUT2D eigenvalue weighted by molar-refractivity contribution is 5.98. The maximum Gasteiger partial charge on any atom is 0.339 e. The highest BCUT2D eigenvalue weighted by Crippen LogP contribution is 2.19. The lowest BCUT2D eigenvalue weighted by atomic mass is 10.1. The van der Waals surface area contributed by atoms with Gasteiger partial charge in [-0.05, 0) is 18.2 Å². The molecule has 0 aliphatic rings. The van der Waals surface area contributed by atoms with Crippen LogP contribution in [0.3, 0.4) is 0 Å². The average molecular weight is 283 g/mol. The van der Waals surface area contributed by atoms with E-state index < -0.39 is 24.6 Å². The van der Waals surface area contributed by atoms with E-state index in [1.807, 2.05) is 0 Å². The van der Waals surface area contributed by atoms with Gasteiger partial charge in [0.25, 0.3) is 0 Å². The van der Waals surface area contributed by atoms with Gasteiger partial charge >= 0.3 is 11.9 Å². The third kappa shape index (κ3) is 3.94. The molecule has 0 aromatic heterocycles. The molecule has 0 spiro atoms. The Bertz CT molecular complexity index is 488. The van der Waals surface area contributed by atoms with Gasteiger partial charge < -0.3 is 25.0 Å². The van der Waals surface area contributed by atoms with Crippen LogP contribution in [0, 0.1) is 0 Å². The van der Waals surface area contributed by atoms with Gasteiger partial charge in [0.2, 0.25) is 0 Å². The fraction of sp³-hybridized carbons (Fsp3) is 0.385. The Hall–Kier alpha value is -2.12. The minimum atomic E-state index is -0.984.